The number of nitrogens with zero attached hydrogens (tertiary/aromatic N) is 1. The highest BCUT2D eigenvalue weighted by Gasteiger charge is 2.01. The monoisotopic (exact) mass is 231 g/mol. The Hall–Kier alpha value is -0.850. The maximum Gasteiger partial charge on any atom is 0.209 e. The van der Waals surface area contributed by atoms with Gasteiger partial charge in [0.2, 0.25) is 10.0 Å². The molecule has 0 aliphatic rings. The molecule has 0 radical (unpaired) electrons. The number of aryl methyl sites for hydroxylation is 1. The van der Waals surface area contributed by atoms with Gasteiger partial charge in [-0.1, -0.05) is 0 Å². The zero-order valence-electron chi connectivity index (χ0n) is 8.81. The highest BCUT2D eigenvalue weighted by Crippen LogP contribution is 1.98. The molecule has 1 aromatic heterocycles. The fourth-order valence-electron chi connectivity index (χ4n) is 1.29. The standard InChI is InChI=1S/C9H17N3O2S/c1-12-6-2-4-9(12)8-11-5-3-7-15(10,13)14/h2,4,6,11H,3,5,7-8H2,1H3,(H2,10,13,14). The third kappa shape index (κ3) is 4.96. The van der Waals surface area contributed by atoms with Crippen LogP contribution in [0.5, 0.6) is 0 Å². The molecule has 6 heteroatoms. The summed E-state index contributed by atoms with van der Waals surface area (Å²) in [5.74, 6) is 0.0349. The van der Waals surface area contributed by atoms with Crippen molar-refractivity contribution >= 4 is 10.0 Å². The maximum atomic E-state index is 10.6. The second-order valence-electron chi connectivity index (χ2n) is 3.51. The number of sulfonamides is 1. The Morgan fingerprint density at radius 3 is 2.80 bits per heavy atom. The molecule has 0 aliphatic carbocycles. The first kappa shape index (κ1) is 12.2. The zero-order chi connectivity index (χ0) is 11.3. The van der Waals surface area contributed by atoms with Crippen molar-refractivity contribution in [3.8, 4) is 0 Å². The number of primary sulfonamides is 1. The average molecular weight is 231 g/mol. The molecular formula is C9H17N3O2S. The minimum atomic E-state index is -3.31. The first-order valence-corrected chi connectivity index (χ1v) is 6.52. The van der Waals surface area contributed by atoms with Gasteiger partial charge in [0.25, 0.3) is 0 Å². The molecule has 5 nitrogen and oxygen atoms in total. The van der Waals surface area contributed by atoms with Gasteiger partial charge in [-0.2, -0.15) is 0 Å². The van der Waals surface area contributed by atoms with E-state index in [1.54, 1.807) is 0 Å². The summed E-state index contributed by atoms with van der Waals surface area (Å²) in [6, 6.07) is 3.99. The van der Waals surface area contributed by atoms with Gasteiger partial charge in [-0.15, -0.1) is 0 Å². The summed E-state index contributed by atoms with van der Waals surface area (Å²) in [5, 5.41) is 8.04. The van der Waals surface area contributed by atoms with Crippen molar-refractivity contribution in [1.29, 1.82) is 0 Å². The highest BCUT2D eigenvalue weighted by molar-refractivity contribution is 7.89. The Bertz CT molecular complexity index is 397. The van der Waals surface area contributed by atoms with Gasteiger partial charge in [0.15, 0.2) is 0 Å². The Labute approximate surface area is 90.3 Å². The van der Waals surface area contributed by atoms with Crippen LogP contribution >= 0.6 is 0 Å². The van der Waals surface area contributed by atoms with Crippen molar-refractivity contribution < 1.29 is 8.42 Å². The predicted octanol–water partition coefficient (Wildman–Crippen LogP) is -0.207. The molecule has 0 spiro atoms. The Balaban J connectivity index is 2.15. The lowest BCUT2D eigenvalue weighted by atomic mass is 10.4. The van der Waals surface area contributed by atoms with E-state index in [4.69, 9.17) is 5.14 Å². The van der Waals surface area contributed by atoms with Crippen LogP contribution in [0.1, 0.15) is 12.1 Å². The topological polar surface area (TPSA) is 77.1 Å². The summed E-state index contributed by atoms with van der Waals surface area (Å²) in [6.07, 6.45) is 2.52. The molecule has 0 bridgehead atoms. The number of nitrogens with one attached hydrogen (secondary N) is 1. The van der Waals surface area contributed by atoms with Gasteiger partial charge >= 0.3 is 0 Å². The fraction of sp³-hybridized carbons (Fsp3) is 0.556. The van der Waals surface area contributed by atoms with Crippen molar-refractivity contribution in [2.45, 2.75) is 13.0 Å². The van der Waals surface area contributed by atoms with E-state index in [0.717, 1.165) is 6.54 Å². The van der Waals surface area contributed by atoms with Crippen LogP contribution in [0.4, 0.5) is 0 Å². The largest absolute Gasteiger partial charge is 0.353 e. The number of rotatable bonds is 6. The van der Waals surface area contributed by atoms with Crippen LogP contribution in [0, 0.1) is 0 Å². The Morgan fingerprint density at radius 1 is 1.53 bits per heavy atom. The van der Waals surface area contributed by atoms with E-state index in [2.05, 4.69) is 5.32 Å². The summed E-state index contributed by atoms with van der Waals surface area (Å²) < 4.78 is 23.3. The van der Waals surface area contributed by atoms with Gasteiger partial charge in [0.1, 0.15) is 0 Å². The number of hydrogen-bond donors (Lipinski definition) is 2. The van der Waals surface area contributed by atoms with Crippen LogP contribution in [-0.4, -0.2) is 25.3 Å². The van der Waals surface area contributed by atoms with E-state index in [-0.39, 0.29) is 5.75 Å². The molecule has 1 aromatic rings. The van der Waals surface area contributed by atoms with Crippen LogP contribution in [0.15, 0.2) is 18.3 Å². The van der Waals surface area contributed by atoms with Crippen molar-refractivity contribution in [3.63, 3.8) is 0 Å². The van der Waals surface area contributed by atoms with E-state index in [1.165, 1.54) is 5.69 Å². The molecule has 1 heterocycles. The number of aromatic nitrogens is 1. The maximum absolute atomic E-state index is 10.6. The van der Waals surface area contributed by atoms with Crippen LogP contribution in [0.25, 0.3) is 0 Å². The molecule has 3 N–H and O–H groups in total. The minimum absolute atomic E-state index is 0.0349. The van der Waals surface area contributed by atoms with Crippen LogP contribution < -0.4 is 10.5 Å². The normalized spacial score (nSPS) is 11.9. The molecule has 15 heavy (non-hydrogen) atoms. The molecule has 0 saturated carbocycles. The lowest BCUT2D eigenvalue weighted by Gasteiger charge is -2.05. The van der Waals surface area contributed by atoms with Crippen LogP contribution in [0.2, 0.25) is 0 Å². The van der Waals surface area contributed by atoms with E-state index in [1.807, 2.05) is 29.9 Å². The van der Waals surface area contributed by atoms with Gasteiger partial charge in [-0.05, 0) is 25.1 Å². The molecule has 0 aliphatic heterocycles. The van der Waals surface area contributed by atoms with Crippen LogP contribution in [-0.2, 0) is 23.6 Å². The molecule has 0 atom stereocenters. The van der Waals surface area contributed by atoms with E-state index < -0.39 is 10.0 Å². The Kier molecular flexibility index (Phi) is 4.31. The smallest absolute Gasteiger partial charge is 0.209 e. The van der Waals surface area contributed by atoms with Gasteiger partial charge in [0.05, 0.1) is 5.75 Å². The predicted molar refractivity (Wildman–Crippen MR) is 59.7 cm³/mol. The summed E-state index contributed by atoms with van der Waals surface area (Å²) in [5.41, 5.74) is 1.17. The first-order valence-electron chi connectivity index (χ1n) is 4.80. The summed E-state index contributed by atoms with van der Waals surface area (Å²) in [6.45, 7) is 1.40. The van der Waals surface area contributed by atoms with Crippen molar-refractivity contribution in [2.24, 2.45) is 12.2 Å². The molecule has 0 unspecified atom stereocenters. The molecule has 86 valence electrons. The minimum Gasteiger partial charge on any atom is -0.353 e. The summed E-state index contributed by atoms with van der Waals surface area (Å²) in [7, 11) is -1.34. The molecule has 0 fully saturated rings. The van der Waals surface area contributed by atoms with E-state index in [9.17, 15) is 8.42 Å². The van der Waals surface area contributed by atoms with Crippen molar-refractivity contribution in [3.05, 3.63) is 24.0 Å². The SMILES string of the molecule is Cn1cccc1CNCCCS(N)(=O)=O. The average Bonchev–Trinajstić information content (AvgIpc) is 2.49. The molecule has 1 rings (SSSR count). The fourth-order valence-corrected chi connectivity index (χ4v) is 1.84. The molecule has 0 aromatic carbocycles. The van der Waals surface area contributed by atoms with Gasteiger partial charge < -0.3 is 9.88 Å². The lowest BCUT2D eigenvalue weighted by Crippen LogP contribution is -2.22. The number of hydrogen-bond acceptors (Lipinski definition) is 3. The third-order valence-corrected chi connectivity index (χ3v) is 3.00. The molecule has 0 amide bonds. The Morgan fingerprint density at radius 2 is 2.27 bits per heavy atom. The quantitative estimate of drug-likeness (QED) is 0.665. The van der Waals surface area contributed by atoms with E-state index >= 15 is 0 Å². The second kappa shape index (κ2) is 5.29. The second-order valence-corrected chi connectivity index (χ2v) is 5.24. The first-order chi connectivity index (χ1) is 6.99. The highest BCUT2D eigenvalue weighted by atomic mass is 32.2. The van der Waals surface area contributed by atoms with Gasteiger partial charge in [-0.3, -0.25) is 0 Å². The zero-order valence-corrected chi connectivity index (χ0v) is 9.63. The van der Waals surface area contributed by atoms with Gasteiger partial charge in [-0.25, -0.2) is 13.6 Å². The molecule has 0 saturated heterocycles. The summed E-state index contributed by atoms with van der Waals surface area (Å²) >= 11 is 0. The third-order valence-electron chi connectivity index (χ3n) is 2.14. The van der Waals surface area contributed by atoms with Crippen LogP contribution in [0.3, 0.4) is 0 Å². The molecular weight excluding hydrogens is 214 g/mol. The van der Waals surface area contributed by atoms with Crippen molar-refractivity contribution in [1.82, 2.24) is 9.88 Å². The summed E-state index contributed by atoms with van der Waals surface area (Å²) in [4.78, 5) is 0. The lowest BCUT2D eigenvalue weighted by molar-refractivity contribution is 0.588. The number of nitrogens with two attached hydrogens (primary N) is 1. The van der Waals surface area contributed by atoms with Crippen molar-refractivity contribution in [2.75, 3.05) is 12.3 Å². The van der Waals surface area contributed by atoms with E-state index in [0.29, 0.717) is 13.0 Å². The van der Waals surface area contributed by atoms with Gasteiger partial charge in [0, 0.05) is 25.5 Å².